The Bertz CT molecular complexity index is 847. The number of carbonyl (C=O) groups excluding carboxylic acids is 1. The molecule has 0 aliphatic rings. The lowest BCUT2D eigenvalue weighted by Gasteiger charge is -2.17. The largest absolute Gasteiger partial charge is 0.325 e. The molecule has 5 N–H and O–H groups in total. The summed E-state index contributed by atoms with van der Waals surface area (Å²) in [7, 11) is -8.58. The van der Waals surface area contributed by atoms with Gasteiger partial charge in [-0.25, -0.2) is 27.1 Å². The molecule has 25 heavy (non-hydrogen) atoms. The second-order valence-electron chi connectivity index (χ2n) is 5.63. The second-order valence-corrected chi connectivity index (χ2v) is 9.10. The molecule has 142 valence electrons. The van der Waals surface area contributed by atoms with Crippen molar-refractivity contribution in [2.75, 3.05) is 5.32 Å². The summed E-state index contributed by atoms with van der Waals surface area (Å²) in [6.45, 7) is 3.87. The number of hydrogen-bond donors (Lipinski definition) is 3. The first-order valence-electron chi connectivity index (χ1n) is 7.61. The monoisotopic (exact) mass is 411 g/mol. The van der Waals surface area contributed by atoms with Crippen LogP contribution in [0.2, 0.25) is 5.02 Å². The van der Waals surface area contributed by atoms with Crippen LogP contribution in [-0.2, 0) is 24.8 Å². The molecular formula is C14H22ClN3O5S2. The van der Waals surface area contributed by atoms with Gasteiger partial charge in [0, 0.05) is 5.92 Å². The molecule has 0 aliphatic heterocycles. The van der Waals surface area contributed by atoms with Gasteiger partial charge >= 0.3 is 0 Å². The fourth-order valence-corrected chi connectivity index (χ4v) is 4.30. The van der Waals surface area contributed by atoms with Crippen LogP contribution in [0.4, 0.5) is 5.69 Å². The van der Waals surface area contributed by atoms with E-state index in [-0.39, 0.29) is 22.5 Å². The first-order valence-corrected chi connectivity index (χ1v) is 11.1. The lowest BCUT2D eigenvalue weighted by molar-refractivity contribution is -0.120. The Kier molecular flexibility index (Phi) is 7.39. The lowest BCUT2D eigenvalue weighted by atomic mass is 9.97. The summed E-state index contributed by atoms with van der Waals surface area (Å²) >= 11 is 5.88. The third-order valence-electron chi connectivity index (χ3n) is 3.55. The number of hydrogen-bond acceptors (Lipinski definition) is 5. The van der Waals surface area contributed by atoms with Crippen LogP contribution >= 0.6 is 11.6 Å². The Morgan fingerprint density at radius 1 is 1.04 bits per heavy atom. The van der Waals surface area contributed by atoms with Crippen LogP contribution in [0.15, 0.2) is 21.9 Å². The molecule has 0 atom stereocenters. The topological polar surface area (TPSA) is 149 Å². The van der Waals surface area contributed by atoms with E-state index >= 15 is 0 Å². The third-order valence-corrected chi connectivity index (χ3v) is 5.88. The molecule has 0 aromatic heterocycles. The maximum absolute atomic E-state index is 12.4. The maximum atomic E-state index is 12.4. The van der Waals surface area contributed by atoms with Gasteiger partial charge in [0.15, 0.2) is 0 Å². The van der Waals surface area contributed by atoms with Crippen LogP contribution in [0, 0.1) is 5.92 Å². The fourth-order valence-electron chi connectivity index (χ4n) is 2.42. The highest BCUT2D eigenvalue weighted by atomic mass is 35.5. The Morgan fingerprint density at radius 2 is 1.52 bits per heavy atom. The predicted molar refractivity (Wildman–Crippen MR) is 96.1 cm³/mol. The van der Waals surface area contributed by atoms with Crippen LogP contribution in [0.5, 0.6) is 0 Å². The molecule has 0 bridgehead atoms. The molecule has 0 aliphatic carbocycles. The summed E-state index contributed by atoms with van der Waals surface area (Å²) in [5.74, 6) is -0.687. The summed E-state index contributed by atoms with van der Waals surface area (Å²) < 4.78 is 46.6. The zero-order chi connectivity index (χ0) is 19.4. The molecule has 0 saturated heterocycles. The van der Waals surface area contributed by atoms with Crippen molar-refractivity contribution in [2.45, 2.75) is 49.3 Å². The van der Waals surface area contributed by atoms with E-state index in [1.807, 2.05) is 13.8 Å². The van der Waals surface area contributed by atoms with Gasteiger partial charge in [-0.15, -0.1) is 0 Å². The van der Waals surface area contributed by atoms with Gasteiger partial charge in [-0.2, -0.15) is 0 Å². The lowest BCUT2D eigenvalue weighted by Crippen LogP contribution is -2.25. The van der Waals surface area contributed by atoms with Gasteiger partial charge in [-0.05, 0) is 25.0 Å². The highest BCUT2D eigenvalue weighted by molar-refractivity contribution is 7.90. The van der Waals surface area contributed by atoms with Gasteiger partial charge in [0.1, 0.15) is 9.79 Å². The summed E-state index contributed by atoms with van der Waals surface area (Å²) in [4.78, 5) is 11.3. The van der Waals surface area contributed by atoms with Crippen LogP contribution in [-0.4, -0.2) is 22.7 Å². The van der Waals surface area contributed by atoms with E-state index < -0.39 is 29.8 Å². The molecule has 11 heteroatoms. The zero-order valence-corrected chi connectivity index (χ0v) is 16.3. The summed E-state index contributed by atoms with van der Waals surface area (Å²) in [6.07, 6.45) is 2.83. The molecule has 1 aromatic rings. The minimum atomic E-state index is -4.32. The normalized spacial score (nSPS) is 12.4. The van der Waals surface area contributed by atoms with E-state index in [2.05, 4.69) is 5.32 Å². The number of sulfonamides is 2. The molecule has 1 rings (SSSR count). The molecule has 0 unspecified atom stereocenters. The van der Waals surface area contributed by atoms with Crippen molar-refractivity contribution >= 4 is 43.2 Å². The summed E-state index contributed by atoms with van der Waals surface area (Å²) in [5.41, 5.74) is -0.179. The van der Waals surface area contributed by atoms with Crippen molar-refractivity contribution in [3.8, 4) is 0 Å². The van der Waals surface area contributed by atoms with E-state index in [0.29, 0.717) is 12.8 Å². The van der Waals surface area contributed by atoms with Crippen LogP contribution < -0.4 is 15.6 Å². The van der Waals surface area contributed by atoms with Crippen molar-refractivity contribution in [1.29, 1.82) is 0 Å². The van der Waals surface area contributed by atoms with Gasteiger partial charge in [-0.1, -0.05) is 38.3 Å². The highest BCUT2D eigenvalue weighted by Crippen LogP contribution is 2.31. The van der Waals surface area contributed by atoms with E-state index in [1.54, 1.807) is 0 Å². The quantitative estimate of drug-likeness (QED) is 0.595. The number of rotatable bonds is 8. The van der Waals surface area contributed by atoms with Gasteiger partial charge in [0.25, 0.3) is 0 Å². The standard InChI is InChI=1S/C14H22ClN3O5S2/c1-3-5-9(6-4-2)14(19)18-11-7-10(15)12(24(16,20)21)8-13(11)25(17,22)23/h7-9H,3-6H2,1-2H3,(H,18,19)(H2,16,20,21)(H2,17,22,23). The number of amides is 1. The second kappa shape index (κ2) is 8.45. The van der Waals surface area contributed by atoms with E-state index in [0.717, 1.165) is 25.0 Å². The predicted octanol–water partition coefficient (Wildman–Crippen LogP) is 1.79. The maximum Gasteiger partial charge on any atom is 0.240 e. The van der Waals surface area contributed by atoms with Crippen molar-refractivity contribution in [3.05, 3.63) is 17.2 Å². The van der Waals surface area contributed by atoms with Crippen LogP contribution in [0.3, 0.4) is 0 Å². The minimum absolute atomic E-state index is 0.179. The summed E-state index contributed by atoms with van der Waals surface area (Å²) in [6, 6.07) is 1.77. The van der Waals surface area contributed by atoms with E-state index in [4.69, 9.17) is 21.9 Å². The van der Waals surface area contributed by atoms with Crippen molar-refractivity contribution in [2.24, 2.45) is 16.2 Å². The minimum Gasteiger partial charge on any atom is -0.325 e. The number of halogens is 1. The van der Waals surface area contributed by atoms with Crippen LogP contribution in [0.1, 0.15) is 39.5 Å². The molecule has 1 amide bonds. The molecule has 0 fully saturated rings. The number of benzene rings is 1. The van der Waals surface area contributed by atoms with Gasteiger partial charge in [0.05, 0.1) is 10.7 Å². The highest BCUT2D eigenvalue weighted by Gasteiger charge is 2.25. The first-order chi connectivity index (χ1) is 11.4. The van der Waals surface area contributed by atoms with E-state index in [9.17, 15) is 21.6 Å². The number of nitrogens with two attached hydrogens (primary N) is 2. The smallest absolute Gasteiger partial charge is 0.240 e. The van der Waals surface area contributed by atoms with E-state index in [1.165, 1.54) is 0 Å². The Balaban J connectivity index is 3.40. The Morgan fingerprint density at radius 3 is 1.92 bits per heavy atom. The van der Waals surface area contributed by atoms with Gasteiger partial charge in [-0.3, -0.25) is 4.79 Å². The zero-order valence-electron chi connectivity index (χ0n) is 14.0. The number of anilines is 1. The third kappa shape index (κ3) is 5.93. The molecule has 0 spiro atoms. The molecule has 0 heterocycles. The average Bonchev–Trinajstić information content (AvgIpc) is 2.44. The van der Waals surface area contributed by atoms with Gasteiger partial charge in [0.2, 0.25) is 26.0 Å². The van der Waals surface area contributed by atoms with Crippen molar-refractivity contribution < 1.29 is 21.6 Å². The Hall–Kier alpha value is -1.20. The molecule has 0 radical (unpaired) electrons. The first kappa shape index (κ1) is 21.8. The number of carbonyl (C=O) groups is 1. The number of nitrogens with one attached hydrogen (secondary N) is 1. The molecular weight excluding hydrogens is 390 g/mol. The van der Waals surface area contributed by atoms with Gasteiger partial charge < -0.3 is 5.32 Å². The fraction of sp³-hybridized carbons (Fsp3) is 0.500. The summed E-state index contributed by atoms with van der Waals surface area (Å²) in [5, 5.41) is 12.3. The van der Waals surface area contributed by atoms with Crippen LogP contribution in [0.25, 0.3) is 0 Å². The SMILES string of the molecule is CCCC(CCC)C(=O)Nc1cc(Cl)c(S(N)(=O)=O)cc1S(N)(=O)=O. The Labute approximate surface area is 153 Å². The van der Waals surface area contributed by atoms with Crippen molar-refractivity contribution in [1.82, 2.24) is 0 Å². The molecule has 1 aromatic carbocycles. The van der Waals surface area contributed by atoms with Crippen molar-refractivity contribution in [3.63, 3.8) is 0 Å². The molecule has 8 nitrogen and oxygen atoms in total. The molecule has 0 saturated carbocycles. The average molecular weight is 412 g/mol. The number of primary sulfonamides is 2.